The number of H-pyrrole nitrogens is 1. The van der Waals surface area contributed by atoms with Crippen molar-refractivity contribution in [2.75, 3.05) is 20.1 Å². The Morgan fingerprint density at radius 2 is 2.40 bits per heavy atom. The van der Waals surface area contributed by atoms with E-state index in [-0.39, 0.29) is 18.4 Å². The standard InChI is InChI=1S/C13H20N4O3/c1-16(8-10-5-6-14-15-10)12(19)9-17-7-3-2-4-11(18)13(17)20/h5-6,11,18H,2-4,7-9H2,1H3,(H,14,15). The highest BCUT2D eigenvalue weighted by atomic mass is 16.3. The second-order valence-electron chi connectivity index (χ2n) is 5.10. The predicted molar refractivity (Wildman–Crippen MR) is 71.5 cm³/mol. The van der Waals surface area contributed by atoms with Crippen molar-refractivity contribution >= 4 is 11.8 Å². The van der Waals surface area contributed by atoms with Gasteiger partial charge in [-0.15, -0.1) is 0 Å². The van der Waals surface area contributed by atoms with E-state index < -0.39 is 6.10 Å². The maximum atomic E-state index is 12.1. The molecule has 1 aliphatic heterocycles. The number of carbonyl (C=O) groups excluding carboxylic acids is 2. The summed E-state index contributed by atoms with van der Waals surface area (Å²) >= 11 is 0. The first-order valence-electron chi connectivity index (χ1n) is 6.77. The predicted octanol–water partition coefficient (Wildman–Crippen LogP) is -0.259. The number of carbonyl (C=O) groups is 2. The van der Waals surface area contributed by atoms with Gasteiger partial charge in [0.25, 0.3) is 5.91 Å². The highest BCUT2D eigenvalue weighted by Crippen LogP contribution is 2.12. The van der Waals surface area contributed by atoms with E-state index in [1.807, 2.05) is 0 Å². The molecule has 2 amide bonds. The Bertz CT molecular complexity index is 460. The van der Waals surface area contributed by atoms with E-state index in [1.165, 1.54) is 9.80 Å². The van der Waals surface area contributed by atoms with E-state index in [2.05, 4.69) is 10.2 Å². The maximum absolute atomic E-state index is 12.1. The number of likely N-dealkylation sites (tertiary alicyclic amines) is 1. The normalized spacial score (nSPS) is 19.8. The van der Waals surface area contributed by atoms with E-state index in [1.54, 1.807) is 19.3 Å². The molecule has 1 atom stereocenters. The van der Waals surface area contributed by atoms with Crippen molar-refractivity contribution in [1.82, 2.24) is 20.0 Å². The number of aliphatic hydroxyl groups excluding tert-OH is 1. The van der Waals surface area contributed by atoms with Gasteiger partial charge in [-0.2, -0.15) is 5.10 Å². The van der Waals surface area contributed by atoms with Crippen LogP contribution in [0.15, 0.2) is 12.3 Å². The fourth-order valence-electron chi connectivity index (χ4n) is 2.24. The maximum Gasteiger partial charge on any atom is 0.251 e. The zero-order valence-corrected chi connectivity index (χ0v) is 11.6. The van der Waals surface area contributed by atoms with Crippen LogP contribution in [-0.4, -0.2) is 63.2 Å². The Hall–Kier alpha value is -1.89. The molecular weight excluding hydrogens is 260 g/mol. The molecule has 2 rings (SSSR count). The second kappa shape index (κ2) is 6.51. The minimum absolute atomic E-state index is 0.0144. The lowest BCUT2D eigenvalue weighted by Crippen LogP contribution is -2.44. The van der Waals surface area contributed by atoms with Crippen LogP contribution < -0.4 is 0 Å². The first-order chi connectivity index (χ1) is 9.58. The van der Waals surface area contributed by atoms with Crippen molar-refractivity contribution in [3.63, 3.8) is 0 Å². The van der Waals surface area contributed by atoms with E-state index in [0.717, 1.165) is 18.5 Å². The molecule has 20 heavy (non-hydrogen) atoms. The topological polar surface area (TPSA) is 89.5 Å². The molecule has 1 aliphatic rings. The summed E-state index contributed by atoms with van der Waals surface area (Å²) < 4.78 is 0. The molecule has 1 fully saturated rings. The number of hydrogen-bond donors (Lipinski definition) is 2. The van der Waals surface area contributed by atoms with Gasteiger partial charge in [-0.05, 0) is 25.3 Å². The van der Waals surface area contributed by atoms with Crippen LogP contribution in [0.25, 0.3) is 0 Å². The van der Waals surface area contributed by atoms with Crippen molar-refractivity contribution in [3.8, 4) is 0 Å². The van der Waals surface area contributed by atoms with Crippen molar-refractivity contribution in [2.24, 2.45) is 0 Å². The molecule has 1 unspecified atom stereocenters. The highest BCUT2D eigenvalue weighted by Gasteiger charge is 2.27. The van der Waals surface area contributed by atoms with E-state index in [9.17, 15) is 14.7 Å². The molecule has 2 N–H and O–H groups in total. The van der Waals surface area contributed by atoms with Gasteiger partial charge in [0.2, 0.25) is 5.91 Å². The summed E-state index contributed by atoms with van der Waals surface area (Å²) in [5, 5.41) is 16.3. The van der Waals surface area contributed by atoms with E-state index in [4.69, 9.17) is 0 Å². The van der Waals surface area contributed by atoms with Gasteiger partial charge in [0.05, 0.1) is 18.8 Å². The van der Waals surface area contributed by atoms with E-state index in [0.29, 0.717) is 19.5 Å². The Morgan fingerprint density at radius 1 is 1.60 bits per heavy atom. The van der Waals surface area contributed by atoms with Crippen LogP contribution >= 0.6 is 0 Å². The molecule has 0 spiro atoms. The minimum atomic E-state index is -0.969. The Kier molecular flexibility index (Phi) is 4.73. The Morgan fingerprint density at radius 3 is 3.10 bits per heavy atom. The molecule has 0 bridgehead atoms. The molecule has 0 saturated carbocycles. The number of nitrogens with zero attached hydrogens (tertiary/aromatic N) is 3. The lowest BCUT2D eigenvalue weighted by molar-refractivity contribution is -0.145. The first kappa shape index (κ1) is 14.5. The zero-order valence-electron chi connectivity index (χ0n) is 11.6. The van der Waals surface area contributed by atoms with Gasteiger partial charge >= 0.3 is 0 Å². The Labute approximate surface area is 117 Å². The summed E-state index contributed by atoms with van der Waals surface area (Å²) in [6, 6.07) is 1.80. The number of rotatable bonds is 4. The van der Waals surface area contributed by atoms with E-state index >= 15 is 0 Å². The highest BCUT2D eigenvalue weighted by molar-refractivity contribution is 5.87. The molecule has 7 heteroatoms. The van der Waals surface area contributed by atoms with Crippen molar-refractivity contribution in [2.45, 2.75) is 31.9 Å². The number of likely N-dealkylation sites (N-methyl/N-ethyl adjacent to an activating group) is 1. The number of aromatic nitrogens is 2. The molecule has 7 nitrogen and oxygen atoms in total. The van der Waals surface area contributed by atoms with Crippen LogP contribution in [0.5, 0.6) is 0 Å². The van der Waals surface area contributed by atoms with Crippen LogP contribution in [0.1, 0.15) is 25.0 Å². The van der Waals surface area contributed by atoms with Gasteiger partial charge in [-0.1, -0.05) is 0 Å². The van der Waals surface area contributed by atoms with Crippen LogP contribution in [0.2, 0.25) is 0 Å². The summed E-state index contributed by atoms with van der Waals surface area (Å²) in [6.45, 7) is 0.962. The molecule has 0 aromatic carbocycles. The number of amides is 2. The molecule has 110 valence electrons. The van der Waals surface area contributed by atoms with Crippen molar-refractivity contribution < 1.29 is 14.7 Å². The first-order valence-corrected chi connectivity index (χ1v) is 6.77. The lowest BCUT2D eigenvalue weighted by Gasteiger charge is -2.24. The number of aliphatic hydroxyl groups is 1. The van der Waals surface area contributed by atoms with Gasteiger partial charge in [0.15, 0.2) is 0 Å². The van der Waals surface area contributed by atoms with Gasteiger partial charge < -0.3 is 14.9 Å². The second-order valence-corrected chi connectivity index (χ2v) is 5.10. The third kappa shape index (κ3) is 3.57. The molecule has 0 aliphatic carbocycles. The van der Waals surface area contributed by atoms with Crippen LogP contribution in [0, 0.1) is 0 Å². The fourth-order valence-corrected chi connectivity index (χ4v) is 2.24. The molecule has 1 aromatic heterocycles. The summed E-state index contributed by atoms with van der Waals surface area (Å²) in [5.74, 6) is -0.493. The smallest absolute Gasteiger partial charge is 0.251 e. The Balaban J connectivity index is 1.90. The monoisotopic (exact) mass is 280 g/mol. The SMILES string of the molecule is CN(Cc1ccn[nH]1)C(=O)CN1CCCCC(O)C1=O. The van der Waals surface area contributed by atoms with Gasteiger partial charge in [0.1, 0.15) is 6.10 Å². The molecule has 1 saturated heterocycles. The minimum Gasteiger partial charge on any atom is -0.383 e. The van der Waals surface area contributed by atoms with Crippen molar-refractivity contribution in [3.05, 3.63) is 18.0 Å². The molecular formula is C13H20N4O3. The summed E-state index contributed by atoms with van der Waals surface area (Å²) in [6.07, 6.45) is 2.76. The molecule has 1 aromatic rings. The molecule has 2 heterocycles. The largest absolute Gasteiger partial charge is 0.383 e. The summed E-state index contributed by atoms with van der Waals surface area (Å²) in [4.78, 5) is 27.0. The number of hydrogen-bond acceptors (Lipinski definition) is 4. The third-order valence-corrected chi connectivity index (χ3v) is 3.47. The van der Waals surface area contributed by atoms with Crippen molar-refractivity contribution in [1.29, 1.82) is 0 Å². The number of aromatic amines is 1. The van der Waals surface area contributed by atoms with Gasteiger partial charge in [-0.25, -0.2) is 0 Å². The lowest BCUT2D eigenvalue weighted by atomic mass is 10.2. The quantitative estimate of drug-likeness (QED) is 0.795. The third-order valence-electron chi connectivity index (χ3n) is 3.47. The number of nitrogens with one attached hydrogen (secondary N) is 1. The zero-order chi connectivity index (χ0) is 14.5. The summed E-state index contributed by atoms with van der Waals surface area (Å²) in [7, 11) is 1.68. The van der Waals surface area contributed by atoms with Crippen LogP contribution in [0.3, 0.4) is 0 Å². The van der Waals surface area contributed by atoms with Crippen LogP contribution in [0.4, 0.5) is 0 Å². The average Bonchev–Trinajstić information content (AvgIpc) is 2.88. The van der Waals surface area contributed by atoms with Crippen LogP contribution in [-0.2, 0) is 16.1 Å². The van der Waals surface area contributed by atoms with Gasteiger partial charge in [0, 0.05) is 19.8 Å². The average molecular weight is 280 g/mol. The fraction of sp³-hybridized carbons (Fsp3) is 0.615. The van der Waals surface area contributed by atoms with Gasteiger partial charge in [-0.3, -0.25) is 14.7 Å². The molecule has 0 radical (unpaired) electrons. The summed E-state index contributed by atoms with van der Waals surface area (Å²) in [5.41, 5.74) is 0.836.